The highest BCUT2D eigenvalue weighted by Crippen LogP contribution is 2.37. The van der Waals surface area contributed by atoms with Gasteiger partial charge in [0.1, 0.15) is 10.6 Å². The molecule has 0 spiro atoms. The number of benzene rings is 3. The first-order chi connectivity index (χ1) is 15.5. The van der Waals surface area contributed by atoms with Crippen molar-refractivity contribution < 1.29 is 9.53 Å². The van der Waals surface area contributed by atoms with E-state index in [1.807, 2.05) is 66.7 Å². The number of methoxy groups -OCH3 is 1. The Labute approximate surface area is 198 Å². The lowest BCUT2D eigenvalue weighted by atomic mass is 10.1. The fourth-order valence-corrected chi connectivity index (χ4v) is 5.08. The minimum Gasteiger partial charge on any atom is -0.497 e. The summed E-state index contributed by atoms with van der Waals surface area (Å²) in [5.74, 6) is 0.472. The van der Waals surface area contributed by atoms with Gasteiger partial charge in [0.2, 0.25) is 0 Å². The monoisotopic (exact) mass is 478 g/mol. The van der Waals surface area contributed by atoms with Gasteiger partial charge in [0.15, 0.2) is 0 Å². The molecule has 0 radical (unpaired) electrons. The number of carbonyl (C=O) groups excluding carboxylic acids is 1. The summed E-state index contributed by atoms with van der Waals surface area (Å²) in [7, 11) is 1.62. The summed E-state index contributed by atoms with van der Waals surface area (Å²) in [6, 6.07) is 24.5. The van der Waals surface area contributed by atoms with Gasteiger partial charge in [-0.25, -0.2) is 0 Å². The van der Waals surface area contributed by atoms with Gasteiger partial charge in [-0.05, 0) is 48.5 Å². The van der Waals surface area contributed by atoms with Crippen LogP contribution >= 0.6 is 34.5 Å². The molecule has 0 fully saturated rings. The van der Waals surface area contributed by atoms with Crippen molar-refractivity contribution in [2.45, 2.75) is 0 Å². The van der Waals surface area contributed by atoms with Gasteiger partial charge < -0.3 is 4.74 Å². The largest absolute Gasteiger partial charge is 0.497 e. The molecule has 0 unspecified atom stereocenters. The van der Waals surface area contributed by atoms with Crippen molar-refractivity contribution in [3.63, 3.8) is 0 Å². The molecule has 5 aromatic rings. The molecule has 0 saturated carbocycles. The van der Waals surface area contributed by atoms with Crippen LogP contribution in [0.25, 0.3) is 32.6 Å². The molecule has 3 aromatic carbocycles. The maximum atomic E-state index is 13.6. The molecule has 0 N–H and O–H groups in total. The number of carbonyl (C=O) groups is 1. The van der Waals surface area contributed by atoms with Gasteiger partial charge in [-0.3, -0.25) is 4.79 Å². The Morgan fingerprint density at radius 1 is 0.938 bits per heavy atom. The lowest BCUT2D eigenvalue weighted by molar-refractivity contribution is 0.0952. The van der Waals surface area contributed by atoms with Crippen molar-refractivity contribution >= 4 is 50.5 Å². The molecule has 0 aliphatic heterocycles. The second-order valence-corrected chi connectivity index (χ2v) is 8.98. The van der Waals surface area contributed by atoms with E-state index in [0.717, 1.165) is 27.0 Å². The molecule has 158 valence electrons. The van der Waals surface area contributed by atoms with Crippen LogP contribution in [0.5, 0.6) is 5.75 Å². The Bertz CT molecular complexity index is 1440. The summed E-state index contributed by atoms with van der Waals surface area (Å²) in [5, 5.41) is 6.59. The van der Waals surface area contributed by atoms with Crippen LogP contribution in [0.3, 0.4) is 0 Å². The minimum atomic E-state index is -0.277. The smallest absolute Gasteiger partial charge is 0.290 e. The van der Waals surface area contributed by atoms with Crippen molar-refractivity contribution in [1.82, 2.24) is 9.78 Å². The normalized spacial score (nSPS) is 11.1. The average Bonchev–Trinajstić information content (AvgIpc) is 3.42. The van der Waals surface area contributed by atoms with E-state index in [2.05, 4.69) is 5.10 Å². The summed E-state index contributed by atoms with van der Waals surface area (Å²) < 4.78 is 7.62. The average molecular weight is 479 g/mol. The Hall–Kier alpha value is -3.12. The molecular formula is C25H16Cl2N2O2S. The lowest BCUT2D eigenvalue weighted by Gasteiger charge is -2.06. The highest BCUT2D eigenvalue weighted by Gasteiger charge is 2.23. The Balaban J connectivity index is 1.66. The molecule has 0 aliphatic rings. The van der Waals surface area contributed by atoms with Crippen molar-refractivity contribution in [3.8, 4) is 28.3 Å². The van der Waals surface area contributed by atoms with Crippen LogP contribution in [0, 0.1) is 0 Å². The van der Waals surface area contributed by atoms with E-state index in [1.54, 1.807) is 19.2 Å². The Kier molecular flexibility index (Phi) is 5.47. The highest BCUT2D eigenvalue weighted by molar-refractivity contribution is 7.21. The van der Waals surface area contributed by atoms with Crippen LogP contribution in [0.2, 0.25) is 10.0 Å². The van der Waals surface area contributed by atoms with Gasteiger partial charge >= 0.3 is 0 Å². The number of thiophene rings is 1. The SMILES string of the molecule is COc1ccc(-c2cc(-c3ccc(Cl)cc3)n(C(=O)c3sc4ccccc4c3Cl)n2)cc1. The predicted molar refractivity (Wildman–Crippen MR) is 131 cm³/mol. The molecule has 0 saturated heterocycles. The van der Waals surface area contributed by atoms with Gasteiger partial charge in [0, 0.05) is 26.2 Å². The topological polar surface area (TPSA) is 44.1 Å². The van der Waals surface area contributed by atoms with E-state index >= 15 is 0 Å². The zero-order chi connectivity index (χ0) is 22.2. The molecule has 0 aliphatic carbocycles. The quantitative estimate of drug-likeness (QED) is 0.269. The fraction of sp³-hybridized carbons (Fsp3) is 0.0400. The highest BCUT2D eigenvalue weighted by atomic mass is 35.5. The van der Waals surface area contributed by atoms with E-state index < -0.39 is 0 Å². The number of rotatable bonds is 4. The summed E-state index contributed by atoms with van der Waals surface area (Å²) in [5.41, 5.74) is 3.02. The Morgan fingerprint density at radius 2 is 1.62 bits per heavy atom. The fourth-order valence-electron chi connectivity index (χ4n) is 3.51. The summed E-state index contributed by atoms with van der Waals surface area (Å²) >= 11 is 14.0. The van der Waals surface area contributed by atoms with Crippen molar-refractivity contribution in [3.05, 3.63) is 93.8 Å². The van der Waals surface area contributed by atoms with Gasteiger partial charge in [0.05, 0.1) is 23.5 Å². The minimum absolute atomic E-state index is 0.277. The molecule has 7 heteroatoms. The standard InChI is InChI=1S/C25H16Cl2N2O2S/c1-31-18-12-8-15(9-13-18)20-14-21(16-6-10-17(26)11-7-16)29(28-20)25(30)24-23(27)19-4-2-3-5-22(19)32-24/h2-14H,1H3. The van der Waals surface area contributed by atoms with Gasteiger partial charge in [-0.15, -0.1) is 11.3 Å². The molecule has 4 nitrogen and oxygen atoms in total. The second kappa shape index (κ2) is 8.43. The van der Waals surface area contributed by atoms with E-state index in [4.69, 9.17) is 27.9 Å². The number of fused-ring (bicyclic) bond motifs is 1. The molecule has 32 heavy (non-hydrogen) atoms. The van der Waals surface area contributed by atoms with Crippen LogP contribution < -0.4 is 4.74 Å². The summed E-state index contributed by atoms with van der Waals surface area (Å²) in [6.07, 6.45) is 0. The second-order valence-electron chi connectivity index (χ2n) is 7.11. The van der Waals surface area contributed by atoms with E-state index in [-0.39, 0.29) is 5.91 Å². The molecule has 0 bridgehead atoms. The predicted octanol–water partition coefficient (Wildman–Crippen LogP) is 7.44. The number of hydrogen-bond donors (Lipinski definition) is 0. The molecular weight excluding hydrogens is 463 g/mol. The van der Waals surface area contributed by atoms with Crippen LogP contribution in [0.15, 0.2) is 78.9 Å². The number of halogens is 2. The molecule has 5 rings (SSSR count). The summed E-state index contributed by atoms with van der Waals surface area (Å²) in [6.45, 7) is 0. The third-order valence-electron chi connectivity index (χ3n) is 5.16. The van der Waals surface area contributed by atoms with Crippen molar-refractivity contribution in [2.75, 3.05) is 7.11 Å². The molecule has 0 amide bonds. The zero-order valence-electron chi connectivity index (χ0n) is 16.9. The first-order valence-corrected chi connectivity index (χ1v) is 11.3. The van der Waals surface area contributed by atoms with Crippen molar-refractivity contribution in [2.24, 2.45) is 0 Å². The first-order valence-electron chi connectivity index (χ1n) is 9.77. The number of aromatic nitrogens is 2. The number of nitrogens with zero attached hydrogens (tertiary/aromatic N) is 2. The Morgan fingerprint density at radius 3 is 2.31 bits per heavy atom. The van der Waals surface area contributed by atoms with E-state index in [0.29, 0.717) is 26.3 Å². The number of ether oxygens (including phenoxy) is 1. The van der Waals surface area contributed by atoms with Crippen LogP contribution in [-0.2, 0) is 0 Å². The number of hydrogen-bond acceptors (Lipinski definition) is 4. The van der Waals surface area contributed by atoms with Crippen LogP contribution in [-0.4, -0.2) is 22.8 Å². The van der Waals surface area contributed by atoms with Gasteiger partial charge in [-0.1, -0.05) is 53.5 Å². The van der Waals surface area contributed by atoms with Crippen LogP contribution in [0.1, 0.15) is 9.67 Å². The maximum Gasteiger partial charge on any atom is 0.290 e. The first kappa shape index (κ1) is 20.8. The lowest BCUT2D eigenvalue weighted by Crippen LogP contribution is -2.14. The van der Waals surface area contributed by atoms with E-state index in [9.17, 15) is 4.79 Å². The molecule has 0 atom stereocenters. The van der Waals surface area contributed by atoms with Gasteiger partial charge in [0.25, 0.3) is 5.91 Å². The zero-order valence-corrected chi connectivity index (χ0v) is 19.2. The third-order valence-corrected chi connectivity index (χ3v) is 7.07. The maximum absolute atomic E-state index is 13.6. The molecule has 2 heterocycles. The van der Waals surface area contributed by atoms with Crippen molar-refractivity contribution in [1.29, 1.82) is 0 Å². The third kappa shape index (κ3) is 3.69. The van der Waals surface area contributed by atoms with Gasteiger partial charge in [-0.2, -0.15) is 9.78 Å². The molecule has 2 aromatic heterocycles. The van der Waals surface area contributed by atoms with Crippen LogP contribution in [0.4, 0.5) is 0 Å². The summed E-state index contributed by atoms with van der Waals surface area (Å²) in [4.78, 5) is 14.1. The van der Waals surface area contributed by atoms with E-state index in [1.165, 1.54) is 16.0 Å².